The lowest BCUT2D eigenvalue weighted by Crippen LogP contribution is -2.39. The van der Waals surface area contributed by atoms with Crippen LogP contribution in [0.25, 0.3) is 0 Å². The third kappa shape index (κ3) is 2.75. The molecule has 2 aromatic rings. The molecular formula is C16H20N+. The zero-order valence-electron chi connectivity index (χ0n) is 10.9. The van der Waals surface area contributed by atoms with Crippen LogP contribution in [0.4, 0.5) is 5.69 Å². The smallest absolute Gasteiger partial charge is 0.132 e. The van der Waals surface area contributed by atoms with Gasteiger partial charge in [0.2, 0.25) is 0 Å². The van der Waals surface area contributed by atoms with E-state index in [2.05, 4.69) is 75.6 Å². The number of hydrogen-bond donors (Lipinski definition) is 0. The Balaban J connectivity index is 2.27. The van der Waals surface area contributed by atoms with Crippen LogP contribution in [0.15, 0.2) is 54.6 Å². The van der Waals surface area contributed by atoms with Gasteiger partial charge in [0.25, 0.3) is 0 Å². The van der Waals surface area contributed by atoms with Crippen LogP contribution in [0, 0.1) is 6.92 Å². The maximum Gasteiger partial charge on any atom is 0.132 e. The molecule has 0 fully saturated rings. The second-order valence-electron chi connectivity index (χ2n) is 5.11. The number of quaternary nitrogens is 1. The van der Waals surface area contributed by atoms with Crippen LogP contribution in [0.3, 0.4) is 0 Å². The van der Waals surface area contributed by atoms with E-state index in [-0.39, 0.29) is 0 Å². The number of nitrogens with zero attached hydrogens (tertiary/aromatic N) is 1. The average Bonchev–Trinajstić information content (AvgIpc) is 2.33. The van der Waals surface area contributed by atoms with E-state index in [0.717, 1.165) is 11.0 Å². The number of hydrogen-bond acceptors (Lipinski definition) is 0. The van der Waals surface area contributed by atoms with Crippen molar-refractivity contribution < 1.29 is 0 Å². The van der Waals surface area contributed by atoms with Crippen molar-refractivity contribution in [1.82, 2.24) is 4.48 Å². The highest BCUT2D eigenvalue weighted by molar-refractivity contribution is 5.42. The van der Waals surface area contributed by atoms with Crippen LogP contribution < -0.4 is 4.48 Å². The lowest BCUT2D eigenvalue weighted by Gasteiger charge is -2.30. The monoisotopic (exact) mass is 226 g/mol. The third-order valence-corrected chi connectivity index (χ3v) is 3.28. The van der Waals surface area contributed by atoms with Crippen LogP contribution in [-0.4, -0.2) is 14.1 Å². The predicted octanol–water partition coefficient (Wildman–Crippen LogP) is 3.76. The van der Waals surface area contributed by atoms with E-state index in [4.69, 9.17) is 0 Å². The first kappa shape index (κ1) is 11.9. The maximum atomic E-state index is 2.25. The number of rotatable bonds is 3. The summed E-state index contributed by atoms with van der Waals surface area (Å²) in [5, 5.41) is 0. The lowest BCUT2D eigenvalue weighted by molar-refractivity contribution is 0.391. The van der Waals surface area contributed by atoms with E-state index >= 15 is 0 Å². The van der Waals surface area contributed by atoms with Gasteiger partial charge in [-0.25, -0.2) is 0 Å². The van der Waals surface area contributed by atoms with Crippen molar-refractivity contribution in [2.75, 3.05) is 14.1 Å². The molecule has 88 valence electrons. The fourth-order valence-electron chi connectivity index (χ4n) is 2.14. The summed E-state index contributed by atoms with van der Waals surface area (Å²) in [6.07, 6.45) is 0. The molecule has 0 heterocycles. The summed E-state index contributed by atoms with van der Waals surface area (Å²) >= 11 is 0. The molecule has 0 unspecified atom stereocenters. The maximum absolute atomic E-state index is 2.25. The number of para-hydroxylation sites is 1. The number of aryl methyl sites for hydroxylation is 1. The minimum Gasteiger partial charge on any atom is -0.292 e. The fraction of sp³-hybridized carbons (Fsp3) is 0.250. The quantitative estimate of drug-likeness (QED) is 0.699. The largest absolute Gasteiger partial charge is 0.292 e. The summed E-state index contributed by atoms with van der Waals surface area (Å²) in [7, 11) is 4.50. The van der Waals surface area contributed by atoms with Crippen molar-refractivity contribution in [2.24, 2.45) is 0 Å². The number of benzene rings is 2. The van der Waals surface area contributed by atoms with Gasteiger partial charge < -0.3 is 0 Å². The minimum absolute atomic E-state index is 0.881. The molecule has 0 aliphatic rings. The first-order chi connectivity index (χ1) is 8.09. The van der Waals surface area contributed by atoms with Gasteiger partial charge in [-0.1, -0.05) is 42.5 Å². The standard InChI is InChI=1S/C16H20N/c1-14-9-7-8-10-15(14)13-17(2,3)16-11-5-4-6-12-16/h4-12H,13H2,1-3H3/q+1. The molecule has 0 aromatic heterocycles. The van der Waals surface area contributed by atoms with Gasteiger partial charge in [0.15, 0.2) is 0 Å². The van der Waals surface area contributed by atoms with Crippen LogP contribution in [0.1, 0.15) is 11.1 Å². The van der Waals surface area contributed by atoms with Crippen LogP contribution in [0.5, 0.6) is 0 Å². The first-order valence-corrected chi connectivity index (χ1v) is 6.03. The van der Waals surface area contributed by atoms with Gasteiger partial charge in [0.1, 0.15) is 12.2 Å². The van der Waals surface area contributed by atoms with Crippen LogP contribution in [-0.2, 0) is 6.54 Å². The zero-order valence-corrected chi connectivity index (χ0v) is 10.9. The predicted molar refractivity (Wildman–Crippen MR) is 75.0 cm³/mol. The van der Waals surface area contributed by atoms with Crippen molar-refractivity contribution in [2.45, 2.75) is 13.5 Å². The Labute approximate surface area is 104 Å². The topological polar surface area (TPSA) is 0 Å². The second-order valence-corrected chi connectivity index (χ2v) is 5.11. The summed E-state index contributed by atoms with van der Waals surface area (Å²) < 4.78 is 0.881. The highest BCUT2D eigenvalue weighted by Crippen LogP contribution is 2.22. The van der Waals surface area contributed by atoms with Crippen molar-refractivity contribution in [3.8, 4) is 0 Å². The molecule has 17 heavy (non-hydrogen) atoms. The highest BCUT2D eigenvalue weighted by Gasteiger charge is 2.19. The molecule has 0 saturated heterocycles. The van der Waals surface area contributed by atoms with Gasteiger partial charge in [-0.15, -0.1) is 0 Å². The van der Waals surface area contributed by atoms with Gasteiger partial charge >= 0.3 is 0 Å². The summed E-state index contributed by atoms with van der Waals surface area (Å²) in [5.41, 5.74) is 4.13. The summed E-state index contributed by atoms with van der Waals surface area (Å²) in [5.74, 6) is 0. The van der Waals surface area contributed by atoms with Gasteiger partial charge in [0, 0.05) is 5.56 Å². The Bertz CT molecular complexity index is 486. The summed E-state index contributed by atoms with van der Waals surface area (Å²) in [6.45, 7) is 3.21. The molecule has 0 spiro atoms. The average molecular weight is 226 g/mol. The van der Waals surface area contributed by atoms with E-state index in [9.17, 15) is 0 Å². The van der Waals surface area contributed by atoms with Crippen LogP contribution >= 0.6 is 0 Å². The molecule has 0 atom stereocenters. The molecule has 1 heteroatoms. The summed E-state index contributed by atoms with van der Waals surface area (Å²) in [6, 6.07) is 19.3. The Morgan fingerprint density at radius 1 is 0.824 bits per heavy atom. The summed E-state index contributed by atoms with van der Waals surface area (Å²) in [4.78, 5) is 0. The fourth-order valence-corrected chi connectivity index (χ4v) is 2.14. The minimum atomic E-state index is 0.881. The van der Waals surface area contributed by atoms with Gasteiger partial charge in [-0.2, -0.15) is 0 Å². The molecule has 0 radical (unpaired) electrons. The molecule has 0 bridgehead atoms. The van der Waals surface area contributed by atoms with E-state index in [1.165, 1.54) is 16.8 Å². The van der Waals surface area contributed by atoms with Crippen molar-refractivity contribution in [3.05, 3.63) is 65.7 Å². The van der Waals surface area contributed by atoms with Gasteiger partial charge in [-0.3, -0.25) is 4.48 Å². The molecule has 0 amide bonds. The molecular weight excluding hydrogens is 206 g/mol. The van der Waals surface area contributed by atoms with Gasteiger partial charge in [0.05, 0.1) is 14.1 Å². The SMILES string of the molecule is Cc1ccccc1C[N+](C)(C)c1ccccc1. The van der Waals surface area contributed by atoms with Crippen molar-refractivity contribution in [3.63, 3.8) is 0 Å². The molecule has 0 aliphatic heterocycles. The zero-order chi connectivity index (χ0) is 12.3. The van der Waals surface area contributed by atoms with E-state index < -0.39 is 0 Å². The lowest BCUT2D eigenvalue weighted by atomic mass is 10.1. The molecule has 2 aromatic carbocycles. The normalized spacial score (nSPS) is 11.5. The highest BCUT2D eigenvalue weighted by atomic mass is 15.3. The Morgan fingerprint density at radius 2 is 1.41 bits per heavy atom. The third-order valence-electron chi connectivity index (χ3n) is 3.28. The molecule has 2 rings (SSSR count). The molecule has 0 saturated carbocycles. The van der Waals surface area contributed by atoms with E-state index in [1.807, 2.05) is 0 Å². The Hall–Kier alpha value is -1.60. The van der Waals surface area contributed by atoms with Crippen molar-refractivity contribution in [1.29, 1.82) is 0 Å². The Morgan fingerprint density at radius 3 is 2.06 bits per heavy atom. The first-order valence-electron chi connectivity index (χ1n) is 6.03. The molecule has 0 N–H and O–H groups in total. The van der Waals surface area contributed by atoms with E-state index in [0.29, 0.717) is 0 Å². The van der Waals surface area contributed by atoms with Crippen molar-refractivity contribution >= 4 is 5.69 Å². The Kier molecular flexibility index (Phi) is 3.30. The molecule has 0 aliphatic carbocycles. The molecule has 1 nitrogen and oxygen atoms in total. The van der Waals surface area contributed by atoms with Gasteiger partial charge in [-0.05, 0) is 24.6 Å². The van der Waals surface area contributed by atoms with Crippen LogP contribution in [0.2, 0.25) is 0 Å². The van der Waals surface area contributed by atoms with E-state index in [1.54, 1.807) is 0 Å². The second kappa shape index (κ2) is 4.72.